The molecule has 4 heterocycles. The summed E-state index contributed by atoms with van der Waals surface area (Å²) < 4.78 is 25.7. The van der Waals surface area contributed by atoms with Crippen molar-refractivity contribution in [1.82, 2.24) is 0 Å². The number of fused-ring (bicyclic) bond motifs is 7. The first-order valence-electron chi connectivity index (χ1n) is 10.4. The third kappa shape index (κ3) is 4.14. The fraction of sp³-hybridized carbons (Fsp3) is 0.900. The SMILES string of the molecule is C=C(I)CC(Cl)CC[C@@]12OC3CC(OC4CCC(CC)O[C@@H]43)[C@H](O1)C(O)(O)C2O. The molecule has 4 fully saturated rings. The van der Waals surface area contributed by atoms with Crippen molar-refractivity contribution in [2.75, 3.05) is 0 Å². The van der Waals surface area contributed by atoms with Gasteiger partial charge in [-0.25, -0.2) is 0 Å². The van der Waals surface area contributed by atoms with Gasteiger partial charge in [-0.2, -0.15) is 0 Å². The molecule has 166 valence electrons. The second-order valence-corrected chi connectivity index (χ2v) is 10.8. The molecule has 6 unspecified atom stereocenters. The molecule has 9 heteroatoms. The number of allylic oxidation sites excluding steroid dienone is 1. The van der Waals surface area contributed by atoms with Gasteiger partial charge in [-0.05, 0) is 58.3 Å². The Hall–Kier alpha value is 0.480. The number of aliphatic hydroxyl groups is 3. The standard InChI is InChI=1S/C20H30ClIO7/c1-3-12-4-5-13-16(26-12)14-9-15(27-13)17-20(24,25)18(23)19(28-14,29-17)7-6-11(21)8-10(2)22/h11-18,23-25H,2-9H2,1H3/t11?,12?,13?,14?,15?,16-,17-,18?,19+/m0/s1. The van der Waals surface area contributed by atoms with Crippen molar-refractivity contribution >= 4 is 34.2 Å². The quantitative estimate of drug-likeness (QED) is 0.268. The van der Waals surface area contributed by atoms with E-state index in [1.165, 1.54) is 0 Å². The number of rotatable bonds is 6. The topological polar surface area (TPSA) is 97.6 Å². The molecular weight excluding hydrogens is 515 g/mol. The molecule has 0 aromatic heterocycles. The Balaban J connectivity index is 1.58. The highest BCUT2D eigenvalue weighted by Gasteiger charge is 2.70. The minimum Gasteiger partial charge on any atom is -0.382 e. The molecule has 4 saturated heterocycles. The lowest BCUT2D eigenvalue weighted by Crippen LogP contribution is -2.64. The Kier molecular flexibility index (Phi) is 6.60. The van der Waals surface area contributed by atoms with E-state index in [2.05, 4.69) is 36.1 Å². The average Bonchev–Trinajstić information content (AvgIpc) is 2.78. The molecule has 0 amide bonds. The molecule has 0 saturated carbocycles. The van der Waals surface area contributed by atoms with E-state index in [0.29, 0.717) is 19.3 Å². The zero-order chi connectivity index (χ0) is 21.0. The molecule has 4 aliphatic rings. The molecular formula is C20H30ClIO7. The maximum absolute atomic E-state index is 10.8. The van der Waals surface area contributed by atoms with Gasteiger partial charge in [-0.3, -0.25) is 0 Å². The summed E-state index contributed by atoms with van der Waals surface area (Å²) in [5.41, 5.74) is 0. The van der Waals surface area contributed by atoms with Crippen LogP contribution in [0.3, 0.4) is 0 Å². The second-order valence-electron chi connectivity index (χ2n) is 8.71. The van der Waals surface area contributed by atoms with Crippen LogP contribution in [0.15, 0.2) is 10.2 Å². The van der Waals surface area contributed by atoms with Crippen LogP contribution >= 0.6 is 34.2 Å². The Morgan fingerprint density at radius 1 is 1.21 bits per heavy atom. The smallest absolute Gasteiger partial charge is 0.224 e. The number of hydrogen-bond donors (Lipinski definition) is 3. The number of ether oxygens (including phenoxy) is 4. The van der Waals surface area contributed by atoms with Gasteiger partial charge in [0.05, 0.1) is 24.4 Å². The molecule has 0 radical (unpaired) electrons. The van der Waals surface area contributed by atoms with E-state index in [9.17, 15) is 15.3 Å². The third-order valence-corrected chi connectivity index (χ3v) is 7.44. The highest BCUT2D eigenvalue weighted by molar-refractivity contribution is 14.1. The lowest BCUT2D eigenvalue weighted by atomic mass is 9.84. The first-order valence-corrected chi connectivity index (χ1v) is 11.9. The zero-order valence-electron chi connectivity index (χ0n) is 16.5. The lowest BCUT2D eigenvalue weighted by Gasteiger charge is -2.48. The van der Waals surface area contributed by atoms with E-state index in [0.717, 1.165) is 22.8 Å². The zero-order valence-corrected chi connectivity index (χ0v) is 19.4. The van der Waals surface area contributed by atoms with Crippen LogP contribution in [-0.4, -0.2) is 75.0 Å². The van der Waals surface area contributed by atoms with Crippen molar-refractivity contribution < 1.29 is 34.3 Å². The first-order chi connectivity index (χ1) is 13.7. The van der Waals surface area contributed by atoms with Crippen LogP contribution < -0.4 is 0 Å². The third-order valence-electron chi connectivity index (χ3n) is 6.63. The van der Waals surface area contributed by atoms with E-state index in [1.807, 2.05) is 0 Å². The van der Waals surface area contributed by atoms with Crippen LogP contribution in [-0.2, 0) is 18.9 Å². The van der Waals surface area contributed by atoms with Crippen molar-refractivity contribution in [3.05, 3.63) is 10.2 Å². The Bertz CT molecular complexity index is 634. The van der Waals surface area contributed by atoms with Gasteiger partial charge >= 0.3 is 0 Å². The van der Waals surface area contributed by atoms with Gasteiger partial charge in [0.2, 0.25) is 11.6 Å². The molecule has 4 bridgehead atoms. The lowest BCUT2D eigenvalue weighted by molar-refractivity contribution is -0.320. The maximum Gasteiger partial charge on any atom is 0.224 e. The largest absolute Gasteiger partial charge is 0.382 e. The predicted molar refractivity (Wildman–Crippen MR) is 114 cm³/mol. The van der Waals surface area contributed by atoms with E-state index in [1.54, 1.807) is 0 Å². The minimum absolute atomic E-state index is 0.152. The molecule has 0 spiro atoms. The Morgan fingerprint density at radius 3 is 2.66 bits per heavy atom. The van der Waals surface area contributed by atoms with Gasteiger partial charge in [0.15, 0.2) is 6.10 Å². The van der Waals surface area contributed by atoms with Crippen LogP contribution in [0, 0.1) is 0 Å². The molecule has 4 rings (SSSR count). The van der Waals surface area contributed by atoms with E-state index in [-0.39, 0.29) is 36.2 Å². The van der Waals surface area contributed by atoms with Gasteiger partial charge in [0, 0.05) is 18.2 Å². The first kappa shape index (κ1) is 22.7. The Labute approximate surface area is 189 Å². The molecule has 3 N–H and O–H groups in total. The highest BCUT2D eigenvalue weighted by atomic mass is 127. The van der Waals surface area contributed by atoms with Gasteiger partial charge in [-0.1, -0.05) is 13.5 Å². The number of alkyl halides is 1. The summed E-state index contributed by atoms with van der Waals surface area (Å²) in [6.07, 6.45) is 0.409. The molecule has 0 aromatic rings. The van der Waals surface area contributed by atoms with Crippen LogP contribution in [0.25, 0.3) is 0 Å². The van der Waals surface area contributed by atoms with Gasteiger partial charge in [0.25, 0.3) is 0 Å². The minimum atomic E-state index is -2.46. The summed E-state index contributed by atoms with van der Waals surface area (Å²) in [5, 5.41) is 31.9. The molecule has 0 aliphatic carbocycles. The van der Waals surface area contributed by atoms with Crippen LogP contribution in [0.2, 0.25) is 0 Å². The summed E-state index contributed by atoms with van der Waals surface area (Å²) in [6.45, 7) is 5.96. The summed E-state index contributed by atoms with van der Waals surface area (Å²) in [5.74, 6) is -4.02. The normalized spacial score (nSPS) is 46.6. The van der Waals surface area contributed by atoms with Gasteiger partial charge < -0.3 is 34.3 Å². The van der Waals surface area contributed by atoms with E-state index < -0.39 is 29.9 Å². The molecule has 4 aliphatic heterocycles. The fourth-order valence-corrected chi connectivity index (χ4v) is 6.20. The molecule has 7 nitrogen and oxygen atoms in total. The van der Waals surface area contributed by atoms with Gasteiger partial charge in [0.1, 0.15) is 12.2 Å². The van der Waals surface area contributed by atoms with Crippen LogP contribution in [0.5, 0.6) is 0 Å². The molecule has 0 aromatic carbocycles. The maximum atomic E-state index is 10.8. The number of halogens is 2. The van der Waals surface area contributed by atoms with Crippen molar-refractivity contribution in [3.8, 4) is 0 Å². The second kappa shape index (κ2) is 8.44. The molecule has 9 atom stereocenters. The highest BCUT2D eigenvalue weighted by Crippen LogP contribution is 2.51. The Morgan fingerprint density at radius 2 is 1.97 bits per heavy atom. The molecule has 29 heavy (non-hydrogen) atoms. The summed E-state index contributed by atoms with van der Waals surface area (Å²) in [7, 11) is 0. The fourth-order valence-electron chi connectivity index (χ4n) is 5.12. The van der Waals surface area contributed by atoms with Crippen LogP contribution in [0.4, 0.5) is 0 Å². The van der Waals surface area contributed by atoms with Crippen LogP contribution in [0.1, 0.15) is 51.9 Å². The van der Waals surface area contributed by atoms with Crippen molar-refractivity contribution in [3.63, 3.8) is 0 Å². The predicted octanol–water partition coefficient (Wildman–Crippen LogP) is 2.36. The van der Waals surface area contributed by atoms with Gasteiger partial charge in [-0.15, -0.1) is 11.6 Å². The van der Waals surface area contributed by atoms with E-state index in [4.69, 9.17) is 30.5 Å². The average molecular weight is 545 g/mol. The summed E-state index contributed by atoms with van der Waals surface area (Å²) in [6, 6.07) is 0. The monoisotopic (exact) mass is 544 g/mol. The number of aliphatic hydroxyl groups excluding tert-OH is 1. The summed E-state index contributed by atoms with van der Waals surface area (Å²) in [4.78, 5) is 0. The number of hydrogen-bond acceptors (Lipinski definition) is 7. The van der Waals surface area contributed by atoms with Crippen molar-refractivity contribution in [2.45, 2.75) is 112 Å². The van der Waals surface area contributed by atoms with Crippen molar-refractivity contribution in [2.24, 2.45) is 0 Å². The van der Waals surface area contributed by atoms with E-state index >= 15 is 0 Å². The summed E-state index contributed by atoms with van der Waals surface area (Å²) >= 11 is 8.55. The van der Waals surface area contributed by atoms with Crippen molar-refractivity contribution in [1.29, 1.82) is 0 Å².